The Morgan fingerprint density at radius 3 is 2.94 bits per heavy atom. The fourth-order valence-electron chi connectivity index (χ4n) is 1.19. The first-order valence-corrected chi connectivity index (χ1v) is 4.96. The molecule has 1 heterocycles. The van der Waals surface area contributed by atoms with Crippen molar-refractivity contribution in [3.63, 3.8) is 0 Å². The highest BCUT2D eigenvalue weighted by molar-refractivity contribution is 5.77. The maximum Gasteiger partial charge on any atom is 0.328 e. The number of aromatic nitrogens is 2. The third-order valence-electron chi connectivity index (χ3n) is 2.04. The highest BCUT2D eigenvalue weighted by Gasteiger charge is 2.17. The fourth-order valence-corrected chi connectivity index (χ4v) is 1.19. The van der Waals surface area contributed by atoms with Gasteiger partial charge in [0.05, 0.1) is 6.61 Å². The summed E-state index contributed by atoms with van der Waals surface area (Å²) >= 11 is 0. The Kier molecular flexibility index (Phi) is 4.65. The van der Waals surface area contributed by atoms with Crippen molar-refractivity contribution < 1.29 is 14.6 Å². The Balaban J connectivity index is 2.72. The van der Waals surface area contributed by atoms with Crippen molar-refractivity contribution in [2.75, 3.05) is 19.0 Å². The van der Waals surface area contributed by atoms with E-state index in [0.29, 0.717) is 5.82 Å². The van der Waals surface area contributed by atoms with Crippen LogP contribution in [0.4, 0.5) is 5.82 Å². The second-order valence-electron chi connectivity index (χ2n) is 3.24. The Morgan fingerprint density at radius 1 is 1.62 bits per heavy atom. The van der Waals surface area contributed by atoms with Crippen LogP contribution in [0.2, 0.25) is 0 Å². The second-order valence-corrected chi connectivity index (χ2v) is 3.24. The van der Waals surface area contributed by atoms with Crippen LogP contribution in [0.5, 0.6) is 0 Å². The third kappa shape index (κ3) is 3.47. The molecule has 0 saturated heterocycles. The lowest BCUT2D eigenvalue weighted by Crippen LogP contribution is -2.34. The van der Waals surface area contributed by atoms with Gasteiger partial charge in [-0.2, -0.15) is 0 Å². The maximum atomic E-state index is 10.9. The molecule has 0 radical (unpaired) electrons. The number of carboxylic acid groups (broad SMARTS) is 1. The van der Waals surface area contributed by atoms with Gasteiger partial charge < -0.3 is 15.2 Å². The van der Waals surface area contributed by atoms with Gasteiger partial charge in [-0.3, -0.25) is 0 Å². The lowest BCUT2D eigenvalue weighted by molar-refractivity contribution is -0.139. The standard InChI is InChI=1S/C10H15N3O3/c1-3-7-4-9(12-6-11-7)13-8(5-16-2)10(14)15/h4,6,8H,3,5H2,1-2H3,(H,14,15)(H,11,12,13). The van der Waals surface area contributed by atoms with E-state index in [0.717, 1.165) is 12.1 Å². The average Bonchev–Trinajstić information content (AvgIpc) is 2.28. The van der Waals surface area contributed by atoms with Crippen LogP contribution in [0.15, 0.2) is 12.4 Å². The molecule has 16 heavy (non-hydrogen) atoms. The first-order chi connectivity index (χ1) is 7.67. The molecule has 0 aliphatic rings. The zero-order valence-electron chi connectivity index (χ0n) is 9.30. The van der Waals surface area contributed by atoms with Crippen molar-refractivity contribution in [3.05, 3.63) is 18.1 Å². The number of hydrogen-bond donors (Lipinski definition) is 2. The first kappa shape index (κ1) is 12.4. The number of nitrogens with one attached hydrogen (secondary N) is 1. The van der Waals surface area contributed by atoms with Crippen LogP contribution in [0.25, 0.3) is 0 Å². The van der Waals surface area contributed by atoms with Crippen LogP contribution in [0.1, 0.15) is 12.6 Å². The number of anilines is 1. The molecule has 0 amide bonds. The predicted molar refractivity (Wildman–Crippen MR) is 58.3 cm³/mol. The number of nitrogens with zero attached hydrogens (tertiary/aromatic N) is 2. The maximum absolute atomic E-state index is 10.9. The average molecular weight is 225 g/mol. The summed E-state index contributed by atoms with van der Waals surface area (Å²) in [5.41, 5.74) is 0.860. The monoisotopic (exact) mass is 225 g/mol. The Labute approximate surface area is 93.7 Å². The molecule has 1 atom stereocenters. The number of rotatable bonds is 6. The van der Waals surface area contributed by atoms with E-state index in [1.165, 1.54) is 13.4 Å². The van der Waals surface area contributed by atoms with E-state index in [4.69, 9.17) is 9.84 Å². The molecule has 6 heteroatoms. The molecule has 6 nitrogen and oxygen atoms in total. The molecule has 1 aromatic heterocycles. The van der Waals surface area contributed by atoms with Crippen LogP contribution in [-0.2, 0) is 16.0 Å². The Bertz CT molecular complexity index is 357. The molecule has 0 aliphatic heterocycles. The summed E-state index contributed by atoms with van der Waals surface area (Å²) in [5, 5.41) is 11.7. The lowest BCUT2D eigenvalue weighted by Gasteiger charge is -2.13. The molecule has 0 aliphatic carbocycles. The molecule has 0 spiro atoms. The largest absolute Gasteiger partial charge is 0.480 e. The number of methoxy groups -OCH3 is 1. The van der Waals surface area contributed by atoms with Crippen molar-refractivity contribution in [1.82, 2.24) is 9.97 Å². The zero-order valence-corrected chi connectivity index (χ0v) is 9.30. The quantitative estimate of drug-likeness (QED) is 0.735. The summed E-state index contributed by atoms with van der Waals surface area (Å²) in [6.45, 7) is 2.05. The summed E-state index contributed by atoms with van der Waals surface area (Å²) in [4.78, 5) is 18.8. The minimum Gasteiger partial charge on any atom is -0.480 e. The Morgan fingerprint density at radius 2 is 2.38 bits per heavy atom. The minimum absolute atomic E-state index is 0.0841. The number of aliphatic carboxylic acids is 1. The van der Waals surface area contributed by atoms with Gasteiger partial charge in [0.15, 0.2) is 0 Å². The minimum atomic E-state index is -0.974. The normalized spacial score (nSPS) is 12.1. The van der Waals surface area contributed by atoms with Gasteiger partial charge in [-0.05, 0) is 6.42 Å². The van der Waals surface area contributed by atoms with Crippen molar-refractivity contribution in [1.29, 1.82) is 0 Å². The van der Waals surface area contributed by atoms with E-state index in [9.17, 15) is 4.79 Å². The number of aryl methyl sites for hydroxylation is 1. The summed E-state index contributed by atoms with van der Waals surface area (Å²) < 4.78 is 4.81. The van der Waals surface area contributed by atoms with Gasteiger partial charge in [-0.25, -0.2) is 14.8 Å². The highest BCUT2D eigenvalue weighted by Crippen LogP contribution is 2.06. The van der Waals surface area contributed by atoms with E-state index < -0.39 is 12.0 Å². The van der Waals surface area contributed by atoms with Gasteiger partial charge >= 0.3 is 5.97 Å². The van der Waals surface area contributed by atoms with E-state index in [2.05, 4.69) is 15.3 Å². The van der Waals surface area contributed by atoms with Gasteiger partial charge in [-0.1, -0.05) is 6.92 Å². The molecule has 1 aromatic rings. The van der Waals surface area contributed by atoms with Crippen LogP contribution in [0.3, 0.4) is 0 Å². The Hall–Kier alpha value is -1.69. The van der Waals surface area contributed by atoms with Crippen molar-refractivity contribution >= 4 is 11.8 Å². The summed E-state index contributed by atoms with van der Waals surface area (Å²) in [5.74, 6) is -0.477. The zero-order chi connectivity index (χ0) is 12.0. The highest BCUT2D eigenvalue weighted by atomic mass is 16.5. The van der Waals surface area contributed by atoms with Crippen molar-refractivity contribution in [2.24, 2.45) is 0 Å². The first-order valence-electron chi connectivity index (χ1n) is 4.96. The molecule has 0 fully saturated rings. The smallest absolute Gasteiger partial charge is 0.328 e. The number of hydrogen-bond acceptors (Lipinski definition) is 5. The van der Waals surface area contributed by atoms with E-state index in [1.54, 1.807) is 6.07 Å². The van der Waals surface area contributed by atoms with Crippen LogP contribution >= 0.6 is 0 Å². The molecule has 0 bridgehead atoms. The van der Waals surface area contributed by atoms with E-state index in [-0.39, 0.29) is 6.61 Å². The fraction of sp³-hybridized carbons (Fsp3) is 0.500. The lowest BCUT2D eigenvalue weighted by atomic mass is 10.3. The molecule has 0 aromatic carbocycles. The molecular weight excluding hydrogens is 210 g/mol. The molecular formula is C10H15N3O3. The summed E-state index contributed by atoms with van der Waals surface area (Å²) in [6.07, 6.45) is 2.19. The van der Waals surface area contributed by atoms with Crippen molar-refractivity contribution in [3.8, 4) is 0 Å². The summed E-state index contributed by atoms with van der Waals surface area (Å²) in [7, 11) is 1.45. The third-order valence-corrected chi connectivity index (χ3v) is 2.04. The topological polar surface area (TPSA) is 84.3 Å². The van der Waals surface area contributed by atoms with Gasteiger partial charge in [-0.15, -0.1) is 0 Å². The van der Waals surface area contributed by atoms with E-state index >= 15 is 0 Å². The SMILES string of the molecule is CCc1cc(NC(COC)C(=O)O)ncn1. The predicted octanol–water partition coefficient (Wildman–Crippen LogP) is 0.550. The number of carbonyl (C=O) groups is 1. The van der Waals surface area contributed by atoms with Gasteiger partial charge in [0.25, 0.3) is 0 Å². The van der Waals surface area contributed by atoms with Crippen molar-refractivity contribution in [2.45, 2.75) is 19.4 Å². The molecule has 0 saturated carbocycles. The van der Waals surface area contributed by atoms with Gasteiger partial charge in [0.1, 0.15) is 18.2 Å². The second kappa shape index (κ2) is 6.02. The van der Waals surface area contributed by atoms with Crippen LogP contribution in [0, 0.1) is 0 Å². The summed E-state index contributed by atoms with van der Waals surface area (Å²) in [6, 6.07) is 0.926. The van der Waals surface area contributed by atoms with Crippen LogP contribution < -0.4 is 5.32 Å². The number of carboxylic acids is 1. The molecule has 88 valence electrons. The van der Waals surface area contributed by atoms with Gasteiger partial charge in [0, 0.05) is 18.9 Å². The van der Waals surface area contributed by atoms with Crippen LogP contribution in [-0.4, -0.2) is 40.8 Å². The molecule has 1 unspecified atom stereocenters. The van der Waals surface area contributed by atoms with E-state index in [1.807, 2.05) is 6.92 Å². The number of ether oxygens (including phenoxy) is 1. The molecule has 2 N–H and O–H groups in total. The molecule has 1 rings (SSSR count). The van der Waals surface area contributed by atoms with Gasteiger partial charge in [0.2, 0.25) is 0 Å².